The molecule has 0 spiro atoms. The van der Waals surface area contributed by atoms with Crippen LogP contribution in [0.25, 0.3) is 0 Å². The molecule has 0 aromatic carbocycles. The zero-order valence-electron chi connectivity index (χ0n) is 9.60. The number of halogens is 1. The predicted molar refractivity (Wildman–Crippen MR) is 65.4 cm³/mol. The average molecular weight is 245 g/mol. The molecule has 0 aromatic heterocycles. The second-order valence-electron chi connectivity index (χ2n) is 5.53. The highest BCUT2D eigenvalue weighted by Gasteiger charge is 2.52. The van der Waals surface area contributed by atoms with Gasteiger partial charge in [0.15, 0.2) is 0 Å². The van der Waals surface area contributed by atoms with Crippen LogP contribution in [0, 0.1) is 17.8 Å². The molecule has 4 heteroatoms. The molecule has 92 valence electrons. The number of hydrogen-bond donors (Lipinski definition) is 1. The number of carbonyl (C=O) groups excluding carboxylic acids is 1. The Balaban J connectivity index is 0.000000963. The molecule has 1 amide bonds. The summed E-state index contributed by atoms with van der Waals surface area (Å²) < 4.78 is 0. The van der Waals surface area contributed by atoms with E-state index in [1.165, 1.54) is 12.8 Å². The Labute approximate surface area is 103 Å². The van der Waals surface area contributed by atoms with Crippen molar-refractivity contribution in [2.24, 2.45) is 23.5 Å². The summed E-state index contributed by atoms with van der Waals surface area (Å²) in [5.74, 6) is 2.43. The van der Waals surface area contributed by atoms with Crippen molar-refractivity contribution in [3.05, 3.63) is 0 Å². The third-order valence-corrected chi connectivity index (χ3v) is 4.15. The maximum Gasteiger partial charge on any atom is 0.226 e. The van der Waals surface area contributed by atoms with Crippen LogP contribution in [0.3, 0.4) is 0 Å². The number of nitrogens with zero attached hydrogens (tertiary/aromatic N) is 1. The lowest BCUT2D eigenvalue weighted by Crippen LogP contribution is -2.46. The lowest BCUT2D eigenvalue weighted by Gasteiger charge is -2.31. The van der Waals surface area contributed by atoms with Crippen LogP contribution in [0.2, 0.25) is 0 Å². The van der Waals surface area contributed by atoms with Gasteiger partial charge in [-0.1, -0.05) is 0 Å². The van der Waals surface area contributed by atoms with Gasteiger partial charge in [-0.15, -0.1) is 12.4 Å². The van der Waals surface area contributed by atoms with Gasteiger partial charge in [0.25, 0.3) is 0 Å². The van der Waals surface area contributed by atoms with Crippen molar-refractivity contribution < 1.29 is 4.79 Å². The molecular weight excluding hydrogens is 224 g/mol. The molecule has 3 atom stereocenters. The highest BCUT2D eigenvalue weighted by molar-refractivity contribution is 5.85. The van der Waals surface area contributed by atoms with Crippen molar-refractivity contribution in [1.82, 2.24) is 4.90 Å². The Morgan fingerprint density at radius 3 is 2.62 bits per heavy atom. The van der Waals surface area contributed by atoms with E-state index in [4.69, 9.17) is 5.73 Å². The van der Waals surface area contributed by atoms with Gasteiger partial charge in [-0.3, -0.25) is 4.79 Å². The summed E-state index contributed by atoms with van der Waals surface area (Å²) in [5, 5.41) is 0. The third-order valence-electron chi connectivity index (χ3n) is 4.15. The fraction of sp³-hybridized carbons (Fsp3) is 0.917. The molecule has 0 bridgehead atoms. The van der Waals surface area contributed by atoms with Crippen molar-refractivity contribution in [3.63, 3.8) is 0 Å². The van der Waals surface area contributed by atoms with Crippen LogP contribution in [-0.2, 0) is 4.79 Å². The first-order chi connectivity index (χ1) is 7.25. The molecular formula is C12H21ClN2O. The van der Waals surface area contributed by atoms with Crippen LogP contribution in [0.1, 0.15) is 32.1 Å². The summed E-state index contributed by atoms with van der Waals surface area (Å²) in [6, 6.07) is 0.223. The zero-order valence-corrected chi connectivity index (χ0v) is 10.4. The summed E-state index contributed by atoms with van der Waals surface area (Å²) in [6.07, 6.45) is 6.07. The fourth-order valence-corrected chi connectivity index (χ4v) is 2.99. The van der Waals surface area contributed by atoms with Crippen molar-refractivity contribution in [2.45, 2.75) is 38.1 Å². The number of nitrogens with two attached hydrogens (primary N) is 1. The van der Waals surface area contributed by atoms with Gasteiger partial charge in [0.1, 0.15) is 0 Å². The quantitative estimate of drug-likeness (QED) is 0.798. The first kappa shape index (κ1) is 12.2. The highest BCUT2D eigenvalue weighted by Crippen LogP contribution is 2.54. The summed E-state index contributed by atoms with van der Waals surface area (Å²) >= 11 is 0. The van der Waals surface area contributed by atoms with Crippen LogP contribution < -0.4 is 5.73 Å². The minimum Gasteiger partial charge on any atom is -0.341 e. The summed E-state index contributed by atoms with van der Waals surface area (Å²) in [5.41, 5.74) is 5.90. The molecule has 3 rings (SSSR count). The van der Waals surface area contributed by atoms with Crippen molar-refractivity contribution in [2.75, 3.05) is 13.1 Å². The maximum atomic E-state index is 12.1. The number of piperidine rings is 1. The number of hydrogen-bond acceptors (Lipinski definition) is 2. The summed E-state index contributed by atoms with van der Waals surface area (Å²) in [6.45, 7) is 1.74. The fourth-order valence-electron chi connectivity index (χ4n) is 2.99. The van der Waals surface area contributed by atoms with Gasteiger partial charge in [-0.25, -0.2) is 0 Å². The Hall–Kier alpha value is -0.280. The Bertz CT molecular complexity index is 280. The summed E-state index contributed by atoms with van der Waals surface area (Å²) in [7, 11) is 0. The lowest BCUT2D eigenvalue weighted by molar-refractivity contribution is -0.134. The largest absolute Gasteiger partial charge is 0.341 e. The van der Waals surface area contributed by atoms with Gasteiger partial charge in [-0.05, 0) is 43.9 Å². The molecule has 3 aliphatic rings. The van der Waals surface area contributed by atoms with E-state index < -0.39 is 0 Å². The van der Waals surface area contributed by atoms with Crippen LogP contribution in [0.15, 0.2) is 0 Å². The smallest absolute Gasteiger partial charge is 0.226 e. The normalized spacial score (nSPS) is 37.8. The molecule has 2 N–H and O–H groups in total. The maximum absolute atomic E-state index is 12.1. The molecule has 1 heterocycles. The molecule has 1 aliphatic heterocycles. The molecule has 3 nitrogen and oxygen atoms in total. The average Bonchev–Trinajstić information content (AvgIpc) is 3.07. The van der Waals surface area contributed by atoms with Crippen molar-refractivity contribution in [3.8, 4) is 0 Å². The van der Waals surface area contributed by atoms with Crippen molar-refractivity contribution >= 4 is 18.3 Å². The molecule has 1 saturated heterocycles. The number of likely N-dealkylation sites (tertiary alicyclic amines) is 1. The zero-order chi connectivity index (χ0) is 10.4. The standard InChI is InChI=1S/C12H20N2O.ClH/c13-9-2-1-5-14(7-9)12(15)11-6-10(11)8-3-4-8;/h8-11H,1-7,13H2;1H/t9-,10?,11?;/m1./s1. The minimum absolute atomic E-state index is 0. The molecule has 2 aliphatic carbocycles. The van der Waals surface area contributed by atoms with E-state index in [0.29, 0.717) is 11.8 Å². The molecule has 2 saturated carbocycles. The minimum atomic E-state index is 0. The van der Waals surface area contributed by atoms with E-state index in [0.717, 1.165) is 44.2 Å². The van der Waals surface area contributed by atoms with E-state index in [-0.39, 0.29) is 18.4 Å². The molecule has 3 fully saturated rings. The predicted octanol–water partition coefficient (Wildman–Crippen LogP) is 1.40. The summed E-state index contributed by atoms with van der Waals surface area (Å²) in [4.78, 5) is 14.1. The van der Waals surface area contributed by atoms with E-state index in [9.17, 15) is 4.79 Å². The van der Waals surface area contributed by atoms with Gasteiger partial charge >= 0.3 is 0 Å². The van der Waals surface area contributed by atoms with Gasteiger partial charge in [0.2, 0.25) is 5.91 Å². The van der Waals surface area contributed by atoms with Gasteiger partial charge < -0.3 is 10.6 Å². The molecule has 16 heavy (non-hydrogen) atoms. The monoisotopic (exact) mass is 244 g/mol. The molecule has 0 aromatic rings. The van der Waals surface area contributed by atoms with Gasteiger partial charge in [0, 0.05) is 25.0 Å². The molecule has 2 unspecified atom stereocenters. The van der Waals surface area contributed by atoms with E-state index >= 15 is 0 Å². The number of rotatable bonds is 2. The van der Waals surface area contributed by atoms with Gasteiger partial charge in [0.05, 0.1) is 0 Å². The Morgan fingerprint density at radius 2 is 2.00 bits per heavy atom. The van der Waals surface area contributed by atoms with E-state index in [1.807, 2.05) is 4.90 Å². The van der Waals surface area contributed by atoms with Crippen molar-refractivity contribution in [1.29, 1.82) is 0 Å². The number of amides is 1. The lowest BCUT2D eigenvalue weighted by atomic mass is 10.1. The Morgan fingerprint density at radius 1 is 1.25 bits per heavy atom. The second kappa shape index (κ2) is 4.53. The first-order valence-electron chi connectivity index (χ1n) is 6.30. The van der Waals surface area contributed by atoms with E-state index in [1.54, 1.807) is 0 Å². The number of carbonyl (C=O) groups is 1. The highest BCUT2D eigenvalue weighted by atomic mass is 35.5. The second-order valence-corrected chi connectivity index (χ2v) is 5.53. The van der Waals surface area contributed by atoms with E-state index in [2.05, 4.69) is 0 Å². The third kappa shape index (κ3) is 2.35. The SMILES string of the molecule is Cl.N[C@@H]1CCCN(C(=O)C2CC2C2CC2)C1. The topological polar surface area (TPSA) is 46.3 Å². The van der Waals surface area contributed by atoms with Gasteiger partial charge in [-0.2, -0.15) is 0 Å². The Kier molecular flexibility index (Phi) is 3.45. The first-order valence-corrected chi connectivity index (χ1v) is 6.30. The van der Waals surface area contributed by atoms with Crippen LogP contribution in [-0.4, -0.2) is 29.9 Å². The van der Waals surface area contributed by atoms with Crippen LogP contribution in [0.5, 0.6) is 0 Å². The molecule has 0 radical (unpaired) electrons. The van der Waals surface area contributed by atoms with Crippen LogP contribution >= 0.6 is 12.4 Å². The van der Waals surface area contributed by atoms with Crippen LogP contribution in [0.4, 0.5) is 0 Å².